The average Bonchev–Trinajstić information content (AvgIpc) is 3.10. The SMILES string of the molecule is C=Cc1ccc2c(C3CCCCC3)c3n(c2c1)CC(C(=O)N(C)CC)=Cc1cc(OC)ccc1-3. The van der Waals surface area contributed by atoms with Crippen LogP contribution in [-0.2, 0) is 11.3 Å². The quantitative estimate of drug-likeness (QED) is 0.421. The van der Waals surface area contributed by atoms with Gasteiger partial charge in [-0.05, 0) is 72.7 Å². The van der Waals surface area contributed by atoms with Crippen LogP contribution in [0.25, 0.3) is 34.3 Å². The Labute approximate surface area is 202 Å². The maximum Gasteiger partial charge on any atom is 0.251 e. The molecule has 2 aliphatic rings. The van der Waals surface area contributed by atoms with E-state index in [9.17, 15) is 4.79 Å². The Morgan fingerprint density at radius 1 is 1.18 bits per heavy atom. The van der Waals surface area contributed by atoms with E-state index in [0.29, 0.717) is 19.0 Å². The summed E-state index contributed by atoms with van der Waals surface area (Å²) in [7, 11) is 3.57. The zero-order valence-electron chi connectivity index (χ0n) is 20.6. The van der Waals surface area contributed by atoms with Crippen LogP contribution >= 0.6 is 0 Å². The minimum absolute atomic E-state index is 0.0741. The lowest BCUT2D eigenvalue weighted by molar-refractivity contribution is -0.125. The smallest absolute Gasteiger partial charge is 0.251 e. The second kappa shape index (κ2) is 9.17. The first-order valence-electron chi connectivity index (χ1n) is 12.5. The number of likely N-dealkylation sites (N-methyl/N-ethyl adjacent to an activating group) is 1. The van der Waals surface area contributed by atoms with Gasteiger partial charge in [0.1, 0.15) is 5.75 Å². The number of fused-ring (bicyclic) bond motifs is 5. The first-order valence-corrected chi connectivity index (χ1v) is 12.5. The Hall–Kier alpha value is -3.27. The molecule has 0 saturated heterocycles. The van der Waals surface area contributed by atoms with Crippen LogP contribution in [-0.4, -0.2) is 36.1 Å². The van der Waals surface area contributed by atoms with Gasteiger partial charge >= 0.3 is 0 Å². The fourth-order valence-electron chi connectivity index (χ4n) is 5.70. The normalized spacial score (nSPS) is 15.8. The van der Waals surface area contributed by atoms with Gasteiger partial charge in [-0.15, -0.1) is 0 Å². The Morgan fingerprint density at radius 2 is 1.97 bits per heavy atom. The average molecular weight is 455 g/mol. The molecule has 0 radical (unpaired) electrons. The minimum Gasteiger partial charge on any atom is -0.497 e. The summed E-state index contributed by atoms with van der Waals surface area (Å²) in [6, 6.07) is 13.0. The molecule has 0 spiro atoms. The van der Waals surface area contributed by atoms with E-state index < -0.39 is 0 Å². The van der Waals surface area contributed by atoms with Gasteiger partial charge in [-0.1, -0.05) is 44.1 Å². The van der Waals surface area contributed by atoms with Gasteiger partial charge < -0.3 is 14.2 Å². The highest BCUT2D eigenvalue weighted by Gasteiger charge is 2.30. The summed E-state index contributed by atoms with van der Waals surface area (Å²) in [4.78, 5) is 15.2. The van der Waals surface area contributed by atoms with Gasteiger partial charge in [0.2, 0.25) is 0 Å². The molecule has 176 valence electrons. The second-order valence-corrected chi connectivity index (χ2v) is 9.61. The number of benzene rings is 2. The van der Waals surface area contributed by atoms with E-state index in [2.05, 4.69) is 47.6 Å². The van der Waals surface area contributed by atoms with E-state index in [1.807, 2.05) is 26.1 Å². The molecule has 2 aromatic carbocycles. The van der Waals surface area contributed by atoms with Crippen LogP contribution < -0.4 is 4.74 Å². The second-order valence-electron chi connectivity index (χ2n) is 9.61. The van der Waals surface area contributed by atoms with Crippen molar-refractivity contribution in [1.82, 2.24) is 9.47 Å². The number of aromatic nitrogens is 1. The van der Waals surface area contributed by atoms with Crippen LogP contribution in [0, 0.1) is 0 Å². The molecule has 1 amide bonds. The molecule has 0 unspecified atom stereocenters. The summed E-state index contributed by atoms with van der Waals surface area (Å²) in [5.41, 5.74) is 8.03. The van der Waals surface area contributed by atoms with Crippen molar-refractivity contribution in [1.29, 1.82) is 0 Å². The molecule has 1 aromatic heterocycles. The number of hydrogen-bond acceptors (Lipinski definition) is 2. The number of rotatable bonds is 5. The van der Waals surface area contributed by atoms with Crippen LogP contribution in [0.2, 0.25) is 0 Å². The highest BCUT2D eigenvalue weighted by Crippen LogP contribution is 2.47. The van der Waals surface area contributed by atoms with Crippen molar-refractivity contribution >= 4 is 29.0 Å². The molecule has 1 aliphatic heterocycles. The zero-order chi connectivity index (χ0) is 23.8. The highest BCUT2D eigenvalue weighted by molar-refractivity contribution is 6.02. The Kier molecular flexibility index (Phi) is 6.07. The van der Waals surface area contributed by atoms with Crippen molar-refractivity contribution in [2.24, 2.45) is 0 Å². The summed E-state index contributed by atoms with van der Waals surface area (Å²) < 4.78 is 7.95. The van der Waals surface area contributed by atoms with Crippen molar-refractivity contribution in [2.75, 3.05) is 20.7 Å². The molecule has 3 aromatic rings. The molecule has 1 saturated carbocycles. The molecule has 34 heavy (non-hydrogen) atoms. The number of methoxy groups -OCH3 is 1. The highest BCUT2D eigenvalue weighted by atomic mass is 16.5. The van der Waals surface area contributed by atoms with Gasteiger partial charge in [0.05, 0.1) is 19.3 Å². The summed E-state index contributed by atoms with van der Waals surface area (Å²) in [6.45, 7) is 7.25. The third-order valence-corrected chi connectivity index (χ3v) is 7.64. The topological polar surface area (TPSA) is 34.5 Å². The first kappa shape index (κ1) is 22.5. The summed E-state index contributed by atoms with van der Waals surface area (Å²) in [6.07, 6.45) is 10.3. The van der Waals surface area contributed by atoms with Gasteiger partial charge in [-0.3, -0.25) is 4.79 Å². The molecule has 0 bridgehead atoms. The third-order valence-electron chi connectivity index (χ3n) is 7.64. The summed E-state index contributed by atoms with van der Waals surface area (Å²) in [5.74, 6) is 1.42. The van der Waals surface area contributed by atoms with E-state index >= 15 is 0 Å². The molecule has 4 heteroatoms. The molecule has 0 N–H and O–H groups in total. The molecule has 4 nitrogen and oxygen atoms in total. The summed E-state index contributed by atoms with van der Waals surface area (Å²) in [5, 5.41) is 1.31. The van der Waals surface area contributed by atoms with Gasteiger partial charge in [0, 0.05) is 35.6 Å². The fourth-order valence-corrected chi connectivity index (χ4v) is 5.70. The standard InChI is InChI=1S/C30H34N2O2/c1-5-20-12-14-26-27(16-20)32-19-23(30(33)31(3)6-2)17-22-18-24(34-4)13-15-25(22)29(32)28(26)21-10-8-7-9-11-21/h5,12-18,21H,1,6-11,19H2,2-4H3. The minimum atomic E-state index is 0.0741. The van der Waals surface area contributed by atoms with Crippen molar-refractivity contribution in [2.45, 2.75) is 51.5 Å². The predicted molar refractivity (Wildman–Crippen MR) is 141 cm³/mol. The van der Waals surface area contributed by atoms with Crippen LogP contribution in [0.15, 0.2) is 48.6 Å². The lowest BCUT2D eigenvalue weighted by Gasteiger charge is -2.24. The molecular formula is C30H34N2O2. The van der Waals surface area contributed by atoms with E-state index in [0.717, 1.165) is 22.4 Å². The van der Waals surface area contributed by atoms with Crippen molar-refractivity contribution in [3.8, 4) is 17.0 Å². The lowest BCUT2D eigenvalue weighted by atomic mass is 9.81. The van der Waals surface area contributed by atoms with Gasteiger partial charge in [-0.2, -0.15) is 0 Å². The van der Waals surface area contributed by atoms with Crippen LogP contribution in [0.4, 0.5) is 0 Å². The number of nitrogens with zero attached hydrogens (tertiary/aromatic N) is 2. The number of carbonyl (C=O) groups excluding carboxylic acids is 1. The molecule has 2 heterocycles. The number of ether oxygens (including phenoxy) is 1. The fraction of sp³-hybridized carbons (Fsp3) is 0.367. The van der Waals surface area contributed by atoms with Crippen LogP contribution in [0.3, 0.4) is 0 Å². The van der Waals surface area contributed by atoms with E-state index in [-0.39, 0.29) is 5.91 Å². The largest absolute Gasteiger partial charge is 0.497 e. The maximum absolute atomic E-state index is 13.4. The van der Waals surface area contributed by atoms with E-state index in [1.165, 1.54) is 59.8 Å². The molecule has 0 atom stereocenters. The van der Waals surface area contributed by atoms with Crippen LogP contribution in [0.1, 0.15) is 61.6 Å². The van der Waals surface area contributed by atoms with Gasteiger partial charge in [0.15, 0.2) is 0 Å². The predicted octanol–water partition coefficient (Wildman–Crippen LogP) is 6.88. The lowest BCUT2D eigenvalue weighted by Crippen LogP contribution is -2.29. The number of hydrogen-bond donors (Lipinski definition) is 0. The molecular weight excluding hydrogens is 420 g/mol. The first-order chi connectivity index (χ1) is 16.5. The van der Waals surface area contributed by atoms with Gasteiger partial charge in [-0.25, -0.2) is 0 Å². The zero-order valence-corrected chi connectivity index (χ0v) is 20.6. The molecule has 1 aliphatic carbocycles. The summed E-state index contributed by atoms with van der Waals surface area (Å²) >= 11 is 0. The Bertz CT molecular complexity index is 1290. The Balaban J connectivity index is 1.83. The van der Waals surface area contributed by atoms with E-state index in [4.69, 9.17) is 4.74 Å². The van der Waals surface area contributed by atoms with E-state index in [1.54, 1.807) is 12.0 Å². The van der Waals surface area contributed by atoms with Gasteiger partial charge in [0.25, 0.3) is 5.91 Å². The Morgan fingerprint density at radius 3 is 2.68 bits per heavy atom. The van der Waals surface area contributed by atoms with Crippen molar-refractivity contribution < 1.29 is 9.53 Å². The molecule has 1 fully saturated rings. The van der Waals surface area contributed by atoms with Crippen LogP contribution in [0.5, 0.6) is 5.75 Å². The number of carbonyl (C=O) groups is 1. The monoisotopic (exact) mass is 454 g/mol. The molecule has 5 rings (SSSR count). The third kappa shape index (κ3) is 3.75. The van der Waals surface area contributed by atoms with Crippen molar-refractivity contribution in [3.05, 3.63) is 65.2 Å². The number of amides is 1. The maximum atomic E-state index is 13.4. The van der Waals surface area contributed by atoms with Crippen molar-refractivity contribution in [3.63, 3.8) is 0 Å².